The Kier molecular flexibility index (Phi) is 6.82. The number of nitrogens with two attached hydrogens (primary N) is 1. The topological polar surface area (TPSA) is 48.1 Å². The Balaban J connectivity index is 2.07. The first-order valence-corrected chi connectivity index (χ1v) is 6.40. The maximum atomic E-state index is 6.04. The molecule has 0 spiro atoms. The fraction of sp³-hybridized carbons (Fsp3) is 0.643. The molecule has 0 aliphatic carbocycles. The van der Waals surface area contributed by atoms with E-state index in [2.05, 4.69) is 24.9 Å². The molecule has 0 amide bonds. The van der Waals surface area contributed by atoms with Gasteiger partial charge < -0.3 is 10.5 Å². The third-order valence-corrected chi connectivity index (χ3v) is 2.69. The smallest absolute Gasteiger partial charge is 0.0480 e. The molecule has 1 rings (SSSR count). The molecule has 17 heavy (non-hydrogen) atoms. The number of nitrogens with zero attached hydrogens (tertiary/aromatic N) is 1. The number of rotatable bonds is 8. The van der Waals surface area contributed by atoms with Crippen molar-refractivity contribution >= 4 is 0 Å². The molecule has 1 atom stereocenters. The van der Waals surface area contributed by atoms with Crippen LogP contribution in [-0.4, -0.2) is 24.2 Å². The van der Waals surface area contributed by atoms with Crippen molar-refractivity contribution < 1.29 is 4.74 Å². The van der Waals surface area contributed by atoms with Crippen LogP contribution in [0.25, 0.3) is 0 Å². The van der Waals surface area contributed by atoms with E-state index in [-0.39, 0.29) is 6.04 Å². The number of hydrogen-bond donors (Lipinski definition) is 1. The van der Waals surface area contributed by atoms with Crippen LogP contribution in [0.3, 0.4) is 0 Å². The normalized spacial score (nSPS) is 12.9. The Morgan fingerprint density at radius 3 is 2.71 bits per heavy atom. The van der Waals surface area contributed by atoms with Crippen molar-refractivity contribution in [2.24, 2.45) is 11.7 Å². The van der Waals surface area contributed by atoms with Gasteiger partial charge in [-0.2, -0.15) is 0 Å². The third-order valence-electron chi connectivity index (χ3n) is 2.69. The van der Waals surface area contributed by atoms with Gasteiger partial charge in [0.05, 0.1) is 0 Å². The highest BCUT2D eigenvalue weighted by atomic mass is 16.5. The second-order valence-electron chi connectivity index (χ2n) is 4.91. The van der Waals surface area contributed by atoms with Gasteiger partial charge in [-0.25, -0.2) is 0 Å². The lowest BCUT2D eigenvalue weighted by molar-refractivity contribution is 0.117. The molecule has 1 aromatic heterocycles. The molecule has 96 valence electrons. The van der Waals surface area contributed by atoms with Crippen LogP contribution >= 0.6 is 0 Å². The Bertz CT molecular complexity index is 288. The zero-order valence-electron chi connectivity index (χ0n) is 10.9. The number of ether oxygens (including phenoxy) is 1. The highest BCUT2D eigenvalue weighted by molar-refractivity contribution is 5.09. The van der Waals surface area contributed by atoms with Crippen molar-refractivity contribution in [3.05, 3.63) is 30.1 Å². The van der Waals surface area contributed by atoms with E-state index in [1.165, 1.54) is 5.56 Å². The van der Waals surface area contributed by atoms with E-state index in [0.717, 1.165) is 32.5 Å². The SMILES string of the molecule is CC(C)CCOCCC(N)Cc1cccnc1. The van der Waals surface area contributed by atoms with Gasteiger partial charge in [0.1, 0.15) is 0 Å². The van der Waals surface area contributed by atoms with E-state index in [0.29, 0.717) is 5.92 Å². The standard InChI is InChI=1S/C14H24N2O/c1-12(2)5-8-17-9-6-14(15)10-13-4-3-7-16-11-13/h3-4,7,11-12,14H,5-6,8-10,15H2,1-2H3. The Morgan fingerprint density at radius 1 is 1.29 bits per heavy atom. The minimum absolute atomic E-state index is 0.165. The van der Waals surface area contributed by atoms with Crippen LogP contribution < -0.4 is 5.73 Å². The lowest BCUT2D eigenvalue weighted by atomic mass is 10.1. The van der Waals surface area contributed by atoms with Gasteiger partial charge in [-0.3, -0.25) is 4.98 Å². The minimum Gasteiger partial charge on any atom is -0.381 e. The average molecular weight is 236 g/mol. The van der Waals surface area contributed by atoms with E-state index in [9.17, 15) is 0 Å². The lowest BCUT2D eigenvalue weighted by Crippen LogP contribution is -2.24. The first kappa shape index (κ1) is 14.1. The van der Waals surface area contributed by atoms with Crippen LogP contribution in [0, 0.1) is 5.92 Å². The summed E-state index contributed by atoms with van der Waals surface area (Å²) in [4.78, 5) is 4.08. The summed E-state index contributed by atoms with van der Waals surface area (Å²) in [5.41, 5.74) is 7.24. The van der Waals surface area contributed by atoms with Crippen LogP contribution in [0.4, 0.5) is 0 Å². The van der Waals surface area contributed by atoms with Crippen molar-refractivity contribution in [3.8, 4) is 0 Å². The molecule has 0 aliphatic heterocycles. The van der Waals surface area contributed by atoms with Gasteiger partial charge in [0, 0.05) is 31.6 Å². The Hall–Kier alpha value is -0.930. The predicted molar refractivity (Wildman–Crippen MR) is 70.8 cm³/mol. The van der Waals surface area contributed by atoms with Crippen LogP contribution in [0.5, 0.6) is 0 Å². The predicted octanol–water partition coefficient (Wildman–Crippen LogP) is 2.40. The highest BCUT2D eigenvalue weighted by Gasteiger charge is 2.04. The van der Waals surface area contributed by atoms with Crippen molar-refractivity contribution in [3.63, 3.8) is 0 Å². The molecule has 0 saturated heterocycles. The van der Waals surface area contributed by atoms with Crippen molar-refractivity contribution in [2.75, 3.05) is 13.2 Å². The quantitative estimate of drug-likeness (QED) is 0.705. The van der Waals surface area contributed by atoms with Gasteiger partial charge in [0.25, 0.3) is 0 Å². The van der Waals surface area contributed by atoms with Crippen molar-refractivity contribution in [2.45, 2.75) is 39.2 Å². The zero-order chi connectivity index (χ0) is 12.5. The van der Waals surface area contributed by atoms with Gasteiger partial charge in [-0.05, 0) is 36.8 Å². The van der Waals surface area contributed by atoms with Crippen LogP contribution in [-0.2, 0) is 11.2 Å². The van der Waals surface area contributed by atoms with Crippen LogP contribution in [0.15, 0.2) is 24.5 Å². The van der Waals surface area contributed by atoms with Crippen LogP contribution in [0.2, 0.25) is 0 Å². The first-order valence-electron chi connectivity index (χ1n) is 6.40. The molecule has 0 aromatic carbocycles. The molecule has 0 saturated carbocycles. The fourth-order valence-corrected chi connectivity index (χ4v) is 1.58. The van der Waals surface area contributed by atoms with E-state index >= 15 is 0 Å². The molecule has 1 aromatic rings. The molecular weight excluding hydrogens is 212 g/mol. The first-order chi connectivity index (χ1) is 8.18. The summed E-state index contributed by atoms with van der Waals surface area (Å²) in [6.07, 6.45) is 6.57. The molecule has 3 heteroatoms. The van der Waals surface area contributed by atoms with E-state index in [1.54, 1.807) is 6.20 Å². The summed E-state index contributed by atoms with van der Waals surface area (Å²) < 4.78 is 5.56. The number of aromatic nitrogens is 1. The van der Waals surface area contributed by atoms with E-state index in [1.807, 2.05) is 12.3 Å². The van der Waals surface area contributed by atoms with Crippen LogP contribution in [0.1, 0.15) is 32.3 Å². The van der Waals surface area contributed by atoms with E-state index in [4.69, 9.17) is 10.5 Å². The fourth-order valence-electron chi connectivity index (χ4n) is 1.58. The van der Waals surface area contributed by atoms with Gasteiger partial charge in [0.2, 0.25) is 0 Å². The summed E-state index contributed by atoms with van der Waals surface area (Å²) in [6, 6.07) is 4.17. The number of pyridine rings is 1. The summed E-state index contributed by atoms with van der Waals surface area (Å²) >= 11 is 0. The summed E-state index contributed by atoms with van der Waals surface area (Å²) in [6.45, 7) is 6.01. The molecule has 0 aliphatic rings. The average Bonchev–Trinajstić information content (AvgIpc) is 2.29. The molecule has 3 nitrogen and oxygen atoms in total. The van der Waals surface area contributed by atoms with Gasteiger partial charge >= 0.3 is 0 Å². The van der Waals surface area contributed by atoms with Crippen molar-refractivity contribution in [1.29, 1.82) is 0 Å². The monoisotopic (exact) mass is 236 g/mol. The number of hydrogen-bond acceptors (Lipinski definition) is 3. The van der Waals surface area contributed by atoms with Crippen molar-refractivity contribution in [1.82, 2.24) is 4.98 Å². The minimum atomic E-state index is 0.165. The Morgan fingerprint density at radius 2 is 2.06 bits per heavy atom. The largest absolute Gasteiger partial charge is 0.381 e. The van der Waals surface area contributed by atoms with E-state index < -0.39 is 0 Å². The molecular formula is C14H24N2O. The summed E-state index contributed by atoms with van der Waals surface area (Å²) in [5.74, 6) is 0.707. The molecule has 1 unspecified atom stereocenters. The highest BCUT2D eigenvalue weighted by Crippen LogP contribution is 2.04. The molecule has 0 radical (unpaired) electrons. The molecule has 0 bridgehead atoms. The summed E-state index contributed by atoms with van der Waals surface area (Å²) in [7, 11) is 0. The molecule has 1 heterocycles. The molecule has 0 fully saturated rings. The van der Waals surface area contributed by atoms with Gasteiger partial charge in [-0.1, -0.05) is 19.9 Å². The third kappa shape index (κ3) is 7.08. The zero-order valence-corrected chi connectivity index (χ0v) is 10.9. The second-order valence-corrected chi connectivity index (χ2v) is 4.91. The maximum absolute atomic E-state index is 6.04. The van der Waals surface area contributed by atoms with Gasteiger partial charge in [-0.15, -0.1) is 0 Å². The van der Waals surface area contributed by atoms with Gasteiger partial charge in [0.15, 0.2) is 0 Å². The molecule has 2 N–H and O–H groups in total. The maximum Gasteiger partial charge on any atom is 0.0480 e. The second kappa shape index (κ2) is 8.20. The lowest BCUT2D eigenvalue weighted by Gasteiger charge is -2.12. The Labute approximate surface area is 104 Å². The summed E-state index contributed by atoms with van der Waals surface area (Å²) in [5, 5.41) is 0.